The second kappa shape index (κ2) is 9.73. The van der Waals surface area contributed by atoms with Crippen LogP contribution >= 0.6 is 11.8 Å². The molecule has 10 heteroatoms. The van der Waals surface area contributed by atoms with E-state index in [-0.39, 0.29) is 30.2 Å². The van der Waals surface area contributed by atoms with Crippen LogP contribution in [-0.4, -0.2) is 63.4 Å². The molecule has 29 heavy (non-hydrogen) atoms. The molecule has 2 aromatic rings. The van der Waals surface area contributed by atoms with Crippen LogP contribution < -0.4 is 10.1 Å². The van der Waals surface area contributed by atoms with Gasteiger partial charge in [0, 0.05) is 19.7 Å². The Morgan fingerprint density at radius 3 is 2.79 bits per heavy atom. The molecule has 9 nitrogen and oxygen atoms in total. The first-order valence-corrected chi connectivity index (χ1v) is 10.6. The molecule has 156 valence electrons. The summed E-state index contributed by atoms with van der Waals surface area (Å²) in [6, 6.07) is 7.61. The molecular weight excluding hydrogens is 392 g/mol. The molecule has 1 atom stereocenters. The smallest absolute Gasteiger partial charge is 0.259 e. The van der Waals surface area contributed by atoms with Crippen LogP contribution in [0.25, 0.3) is 0 Å². The number of tetrazole rings is 1. The number of carbonyl (C=O) groups excluding carboxylic acids is 2. The van der Waals surface area contributed by atoms with Crippen LogP contribution in [0, 0.1) is 0 Å². The van der Waals surface area contributed by atoms with Gasteiger partial charge in [0.25, 0.3) is 5.91 Å². The first kappa shape index (κ1) is 21.1. The number of rotatable bonds is 10. The van der Waals surface area contributed by atoms with Gasteiger partial charge in [-0.25, -0.2) is 4.68 Å². The van der Waals surface area contributed by atoms with Crippen molar-refractivity contribution in [2.24, 2.45) is 0 Å². The zero-order chi connectivity index (χ0) is 20.8. The second-order valence-electron chi connectivity index (χ2n) is 7.07. The van der Waals surface area contributed by atoms with E-state index in [1.54, 1.807) is 18.8 Å². The molecule has 1 fully saturated rings. The highest BCUT2D eigenvalue weighted by Gasteiger charge is 2.28. The van der Waals surface area contributed by atoms with Crippen molar-refractivity contribution in [3.63, 3.8) is 0 Å². The van der Waals surface area contributed by atoms with E-state index < -0.39 is 0 Å². The van der Waals surface area contributed by atoms with Crippen molar-refractivity contribution in [2.45, 2.75) is 43.4 Å². The van der Waals surface area contributed by atoms with Crippen LogP contribution in [0.5, 0.6) is 5.75 Å². The Hall–Kier alpha value is -2.62. The van der Waals surface area contributed by atoms with Gasteiger partial charge in [-0.1, -0.05) is 36.9 Å². The number of amides is 2. The van der Waals surface area contributed by atoms with E-state index >= 15 is 0 Å². The van der Waals surface area contributed by atoms with E-state index in [1.165, 1.54) is 16.7 Å². The number of likely N-dealkylation sites (N-methyl/N-ethyl adjacent to an activating group) is 1. The number of carbonyl (C=O) groups is 2. The van der Waals surface area contributed by atoms with Crippen LogP contribution in [0.15, 0.2) is 29.4 Å². The van der Waals surface area contributed by atoms with Crippen LogP contribution in [0.3, 0.4) is 0 Å². The van der Waals surface area contributed by atoms with E-state index in [0.717, 1.165) is 18.4 Å². The Morgan fingerprint density at radius 2 is 2.10 bits per heavy atom. The van der Waals surface area contributed by atoms with Crippen molar-refractivity contribution in [3.05, 3.63) is 29.8 Å². The first-order valence-electron chi connectivity index (χ1n) is 9.61. The van der Waals surface area contributed by atoms with Crippen LogP contribution in [-0.2, 0) is 9.59 Å². The fourth-order valence-electron chi connectivity index (χ4n) is 2.76. The lowest BCUT2D eigenvalue weighted by molar-refractivity contribution is -0.130. The van der Waals surface area contributed by atoms with Crippen LogP contribution in [0.2, 0.25) is 0 Å². The third-order valence-corrected chi connectivity index (χ3v) is 5.51. The Balaban J connectivity index is 1.59. The highest BCUT2D eigenvalue weighted by atomic mass is 32.2. The molecule has 1 aromatic heterocycles. The number of nitrogens with one attached hydrogen (secondary N) is 1. The molecule has 3 rings (SSSR count). The summed E-state index contributed by atoms with van der Waals surface area (Å²) >= 11 is 1.33. The van der Waals surface area contributed by atoms with E-state index in [9.17, 15) is 9.59 Å². The number of hydrogen-bond acceptors (Lipinski definition) is 7. The SMILES string of the molecule is CCC(NC(=O)CSc1nnnn1C1CC1)c1ccccc1OCC(=O)N(C)C. The number of benzene rings is 1. The molecule has 0 aliphatic heterocycles. The molecule has 1 aromatic carbocycles. The van der Waals surface area contributed by atoms with E-state index in [0.29, 0.717) is 23.4 Å². The van der Waals surface area contributed by atoms with Gasteiger partial charge in [0.15, 0.2) is 6.61 Å². The van der Waals surface area contributed by atoms with Gasteiger partial charge in [0.05, 0.1) is 17.8 Å². The minimum atomic E-state index is -0.215. The zero-order valence-electron chi connectivity index (χ0n) is 16.9. The second-order valence-corrected chi connectivity index (χ2v) is 8.01. The highest BCUT2D eigenvalue weighted by molar-refractivity contribution is 7.99. The number of nitrogens with zero attached hydrogens (tertiary/aromatic N) is 5. The topological polar surface area (TPSA) is 102 Å². The third-order valence-electron chi connectivity index (χ3n) is 4.58. The van der Waals surface area contributed by atoms with Crippen LogP contribution in [0.4, 0.5) is 0 Å². The summed E-state index contributed by atoms with van der Waals surface area (Å²) in [5, 5.41) is 15.4. The maximum absolute atomic E-state index is 12.5. The normalized spacial score (nSPS) is 14.3. The molecule has 1 N–H and O–H groups in total. The highest BCUT2D eigenvalue weighted by Crippen LogP contribution is 2.36. The minimum Gasteiger partial charge on any atom is -0.483 e. The average molecular weight is 419 g/mol. The third kappa shape index (κ3) is 5.69. The molecule has 1 aliphatic rings. The quantitative estimate of drug-likeness (QED) is 0.587. The van der Waals surface area contributed by atoms with Gasteiger partial charge >= 0.3 is 0 Å². The molecule has 0 bridgehead atoms. The lowest BCUT2D eigenvalue weighted by Crippen LogP contribution is -2.31. The number of thioether (sulfide) groups is 1. The molecule has 2 amide bonds. The zero-order valence-corrected chi connectivity index (χ0v) is 17.7. The van der Waals surface area contributed by atoms with Gasteiger partial charge < -0.3 is 15.0 Å². The molecule has 1 aliphatic carbocycles. The molecular formula is C19H26N6O3S. The molecule has 1 saturated carbocycles. The average Bonchev–Trinajstić information content (AvgIpc) is 3.46. The van der Waals surface area contributed by atoms with Gasteiger partial charge in [-0.15, -0.1) is 5.10 Å². The van der Waals surface area contributed by atoms with Crippen molar-refractivity contribution in [1.29, 1.82) is 0 Å². The maximum Gasteiger partial charge on any atom is 0.259 e. The maximum atomic E-state index is 12.5. The van der Waals surface area contributed by atoms with Crippen molar-refractivity contribution in [2.75, 3.05) is 26.5 Å². The van der Waals surface area contributed by atoms with Gasteiger partial charge in [-0.3, -0.25) is 9.59 Å². The van der Waals surface area contributed by atoms with Gasteiger partial charge in [-0.05, 0) is 35.8 Å². The largest absolute Gasteiger partial charge is 0.483 e. The van der Waals surface area contributed by atoms with Crippen molar-refractivity contribution >= 4 is 23.6 Å². The summed E-state index contributed by atoms with van der Waals surface area (Å²) < 4.78 is 7.51. The van der Waals surface area contributed by atoms with Crippen molar-refractivity contribution in [3.8, 4) is 5.75 Å². The Bertz CT molecular complexity index is 852. The Labute approximate surface area is 174 Å². The van der Waals surface area contributed by atoms with E-state index in [1.807, 2.05) is 31.2 Å². The molecule has 0 saturated heterocycles. The van der Waals surface area contributed by atoms with Gasteiger partial charge in [-0.2, -0.15) is 0 Å². The number of para-hydroxylation sites is 1. The Morgan fingerprint density at radius 1 is 1.34 bits per heavy atom. The minimum absolute atomic E-state index is 0.0475. The molecule has 1 heterocycles. The molecule has 0 spiro atoms. The number of aromatic nitrogens is 4. The monoisotopic (exact) mass is 418 g/mol. The predicted octanol–water partition coefficient (Wildman–Crippen LogP) is 1.83. The summed E-state index contributed by atoms with van der Waals surface area (Å²) in [5.41, 5.74) is 0.850. The molecule has 1 unspecified atom stereocenters. The summed E-state index contributed by atoms with van der Waals surface area (Å²) in [7, 11) is 3.37. The lowest BCUT2D eigenvalue weighted by atomic mass is 10.0. The lowest BCUT2D eigenvalue weighted by Gasteiger charge is -2.21. The fraction of sp³-hybridized carbons (Fsp3) is 0.526. The fourth-order valence-corrected chi connectivity index (χ4v) is 3.52. The Kier molecular flexibility index (Phi) is 7.08. The summed E-state index contributed by atoms with van der Waals surface area (Å²) in [5.74, 6) is 0.597. The first-order chi connectivity index (χ1) is 14.0. The standard InChI is InChI=1S/C19H26N6O3S/c1-4-15(14-7-5-6-8-16(14)28-11-18(27)24(2)3)20-17(26)12-29-19-21-22-23-25(19)13-9-10-13/h5-8,13,15H,4,9-12H2,1-3H3,(H,20,26). The summed E-state index contributed by atoms with van der Waals surface area (Å²) in [6.45, 7) is 1.95. The van der Waals surface area contributed by atoms with Gasteiger partial charge in [0.1, 0.15) is 5.75 Å². The van der Waals surface area contributed by atoms with Gasteiger partial charge in [0.2, 0.25) is 11.1 Å². The summed E-state index contributed by atoms with van der Waals surface area (Å²) in [6.07, 6.45) is 2.85. The predicted molar refractivity (Wildman–Crippen MR) is 109 cm³/mol. The van der Waals surface area contributed by atoms with E-state index in [2.05, 4.69) is 20.8 Å². The number of hydrogen-bond donors (Lipinski definition) is 1. The van der Waals surface area contributed by atoms with Crippen molar-refractivity contribution in [1.82, 2.24) is 30.4 Å². The molecule has 0 radical (unpaired) electrons. The van der Waals surface area contributed by atoms with Crippen LogP contribution in [0.1, 0.15) is 43.8 Å². The van der Waals surface area contributed by atoms with E-state index in [4.69, 9.17) is 4.74 Å². The summed E-state index contributed by atoms with van der Waals surface area (Å²) in [4.78, 5) is 25.8. The number of ether oxygens (including phenoxy) is 1. The van der Waals surface area contributed by atoms with Crippen molar-refractivity contribution < 1.29 is 14.3 Å².